The normalized spacial score (nSPS) is 15.6. The first kappa shape index (κ1) is 16.1. The Labute approximate surface area is 143 Å². The van der Waals surface area contributed by atoms with E-state index >= 15 is 0 Å². The molecule has 11 heteroatoms. The Kier molecular flexibility index (Phi) is 3.27. The summed E-state index contributed by atoms with van der Waals surface area (Å²) in [6.07, 6.45) is -0.707. The molecule has 4 rings (SSSR count). The molecule has 0 unspecified atom stereocenters. The minimum atomic E-state index is -4.73. The summed E-state index contributed by atoms with van der Waals surface area (Å²) in [5, 5.41) is 15.0. The number of nitrogens with one attached hydrogen (secondary N) is 1. The van der Waals surface area contributed by atoms with E-state index in [9.17, 15) is 18.0 Å². The summed E-state index contributed by atoms with van der Waals surface area (Å²) in [6, 6.07) is 5.02. The fraction of sp³-hybridized carbons (Fsp3) is 0.267. The van der Waals surface area contributed by atoms with Gasteiger partial charge in [0, 0.05) is 18.0 Å². The molecule has 3 aromatic heterocycles. The molecule has 1 saturated carbocycles. The Morgan fingerprint density at radius 2 is 2.08 bits per heavy atom. The van der Waals surface area contributed by atoms with Crippen molar-refractivity contribution in [2.75, 3.05) is 0 Å². The van der Waals surface area contributed by atoms with Gasteiger partial charge >= 0.3 is 12.1 Å². The highest BCUT2D eigenvalue weighted by atomic mass is 19.4. The van der Waals surface area contributed by atoms with E-state index in [1.54, 1.807) is 0 Å². The number of pyridine rings is 1. The highest BCUT2D eigenvalue weighted by molar-refractivity contribution is 5.94. The number of carbonyl (C=O) groups excluding carboxylic acids is 1. The molecule has 0 bridgehead atoms. The first-order valence-corrected chi connectivity index (χ1v) is 7.43. The smallest absolute Gasteiger partial charge is 0.332 e. The third-order valence-corrected chi connectivity index (χ3v) is 3.93. The second kappa shape index (κ2) is 5.29. The highest BCUT2D eigenvalue weighted by Crippen LogP contribution is 2.34. The summed E-state index contributed by atoms with van der Waals surface area (Å²) >= 11 is 0. The van der Waals surface area contributed by atoms with E-state index in [0.29, 0.717) is 18.5 Å². The van der Waals surface area contributed by atoms with E-state index in [1.165, 1.54) is 28.9 Å². The van der Waals surface area contributed by atoms with Crippen LogP contribution in [-0.4, -0.2) is 31.0 Å². The van der Waals surface area contributed by atoms with Crippen molar-refractivity contribution in [1.82, 2.24) is 24.8 Å². The maximum Gasteiger partial charge on any atom is 0.471 e. The van der Waals surface area contributed by atoms with Crippen molar-refractivity contribution in [3.8, 4) is 17.5 Å². The summed E-state index contributed by atoms with van der Waals surface area (Å²) in [5.41, 5.74) is -0.0683. The Hall–Kier alpha value is -3.42. The molecule has 1 aliphatic rings. The highest BCUT2D eigenvalue weighted by Gasteiger charge is 2.45. The minimum absolute atomic E-state index is 0.0905. The van der Waals surface area contributed by atoms with Crippen LogP contribution < -0.4 is 5.32 Å². The van der Waals surface area contributed by atoms with Gasteiger partial charge in [-0.25, -0.2) is 4.98 Å². The van der Waals surface area contributed by atoms with Crippen LogP contribution in [0.4, 0.5) is 13.2 Å². The van der Waals surface area contributed by atoms with Gasteiger partial charge in [-0.05, 0) is 25.0 Å². The van der Waals surface area contributed by atoms with Crippen LogP contribution in [0.5, 0.6) is 0 Å². The van der Waals surface area contributed by atoms with Crippen molar-refractivity contribution in [2.45, 2.75) is 24.6 Å². The largest absolute Gasteiger partial charge is 0.471 e. The second-order valence-corrected chi connectivity index (χ2v) is 5.88. The summed E-state index contributed by atoms with van der Waals surface area (Å²) in [6.45, 7) is 0. The van der Waals surface area contributed by atoms with Gasteiger partial charge in [-0.1, -0.05) is 5.16 Å². The van der Waals surface area contributed by atoms with Crippen molar-refractivity contribution in [1.29, 1.82) is 5.26 Å². The average Bonchev–Trinajstić information content (AvgIpc) is 3.01. The molecule has 0 aromatic carbocycles. The van der Waals surface area contributed by atoms with E-state index in [4.69, 9.17) is 5.26 Å². The van der Waals surface area contributed by atoms with Gasteiger partial charge in [-0.2, -0.15) is 23.4 Å². The van der Waals surface area contributed by atoms with Crippen LogP contribution in [0.25, 0.3) is 17.0 Å². The van der Waals surface area contributed by atoms with Gasteiger partial charge < -0.3 is 14.2 Å². The zero-order valence-corrected chi connectivity index (χ0v) is 12.9. The number of nitriles is 1. The van der Waals surface area contributed by atoms with E-state index < -0.39 is 23.5 Å². The number of rotatable bonds is 3. The SMILES string of the molecule is N#CC1(NC(=O)c2cn3cc(-c4noc(C(F)(F)F)n4)ccc3n2)CC1. The molecule has 3 aromatic rings. The van der Waals surface area contributed by atoms with E-state index in [0.717, 1.165) is 0 Å². The molecule has 26 heavy (non-hydrogen) atoms. The fourth-order valence-electron chi connectivity index (χ4n) is 2.36. The van der Waals surface area contributed by atoms with Gasteiger partial charge in [-0.15, -0.1) is 0 Å². The van der Waals surface area contributed by atoms with Crippen LogP contribution in [0.15, 0.2) is 29.0 Å². The lowest BCUT2D eigenvalue weighted by Crippen LogP contribution is -2.35. The first-order chi connectivity index (χ1) is 12.3. The zero-order valence-electron chi connectivity index (χ0n) is 12.9. The van der Waals surface area contributed by atoms with Crippen molar-refractivity contribution < 1.29 is 22.5 Å². The molecule has 0 aliphatic heterocycles. The Morgan fingerprint density at radius 3 is 2.69 bits per heavy atom. The third-order valence-electron chi connectivity index (χ3n) is 3.93. The number of alkyl halides is 3. The summed E-state index contributed by atoms with van der Waals surface area (Å²) in [7, 11) is 0. The summed E-state index contributed by atoms with van der Waals surface area (Å²) in [5.74, 6) is -2.17. The molecule has 8 nitrogen and oxygen atoms in total. The molecular weight excluding hydrogens is 353 g/mol. The molecule has 1 fully saturated rings. The summed E-state index contributed by atoms with van der Waals surface area (Å²) in [4.78, 5) is 19.6. The molecule has 0 atom stereocenters. The van der Waals surface area contributed by atoms with Crippen LogP contribution in [0.2, 0.25) is 0 Å². The van der Waals surface area contributed by atoms with Gasteiger partial charge in [0.15, 0.2) is 0 Å². The Morgan fingerprint density at radius 1 is 1.31 bits per heavy atom. The number of amides is 1. The first-order valence-electron chi connectivity index (χ1n) is 7.43. The number of nitrogens with zero attached hydrogens (tertiary/aromatic N) is 5. The number of aromatic nitrogens is 4. The van der Waals surface area contributed by atoms with Crippen molar-refractivity contribution in [3.63, 3.8) is 0 Å². The standard InChI is InChI=1S/C15H9F3N6O2/c16-15(17,18)13-21-11(23-26-13)8-1-2-10-20-9(6-24(10)5-8)12(25)22-14(7-19)3-4-14/h1-2,5-6H,3-4H2,(H,22,25). The molecule has 3 heterocycles. The molecule has 0 spiro atoms. The second-order valence-electron chi connectivity index (χ2n) is 5.88. The van der Waals surface area contributed by atoms with Crippen LogP contribution in [0.1, 0.15) is 29.2 Å². The number of hydrogen-bond acceptors (Lipinski definition) is 6. The van der Waals surface area contributed by atoms with Gasteiger partial charge in [0.1, 0.15) is 16.9 Å². The predicted molar refractivity (Wildman–Crippen MR) is 78.5 cm³/mol. The quantitative estimate of drug-likeness (QED) is 0.765. The topological polar surface area (TPSA) is 109 Å². The molecule has 1 N–H and O–H groups in total. The van der Waals surface area contributed by atoms with Gasteiger partial charge in [0.05, 0.1) is 6.07 Å². The van der Waals surface area contributed by atoms with Crippen molar-refractivity contribution in [2.24, 2.45) is 0 Å². The number of carbonyl (C=O) groups is 1. The maximum atomic E-state index is 12.6. The van der Waals surface area contributed by atoms with Crippen LogP contribution in [0.3, 0.4) is 0 Å². The van der Waals surface area contributed by atoms with E-state index in [2.05, 4.69) is 25.0 Å². The predicted octanol–water partition coefficient (Wildman–Crippen LogP) is 2.19. The zero-order chi connectivity index (χ0) is 18.5. The lowest BCUT2D eigenvalue weighted by atomic mass is 10.3. The number of imidazole rings is 1. The van der Waals surface area contributed by atoms with Crippen LogP contribution in [-0.2, 0) is 6.18 Å². The van der Waals surface area contributed by atoms with Crippen molar-refractivity contribution in [3.05, 3.63) is 36.1 Å². The number of fused-ring (bicyclic) bond motifs is 1. The fourth-order valence-corrected chi connectivity index (χ4v) is 2.36. The Balaban J connectivity index is 1.63. The monoisotopic (exact) mass is 362 g/mol. The maximum absolute atomic E-state index is 12.6. The molecule has 0 radical (unpaired) electrons. The summed E-state index contributed by atoms with van der Waals surface area (Å²) < 4.78 is 43.3. The lowest BCUT2D eigenvalue weighted by molar-refractivity contribution is -0.159. The molecule has 132 valence electrons. The molecule has 1 amide bonds. The number of halogens is 3. The minimum Gasteiger partial charge on any atom is -0.332 e. The van der Waals surface area contributed by atoms with Gasteiger partial charge in [0.2, 0.25) is 5.82 Å². The average molecular weight is 362 g/mol. The number of hydrogen-bond donors (Lipinski definition) is 1. The van der Waals surface area contributed by atoms with Crippen LogP contribution >= 0.6 is 0 Å². The Bertz CT molecular complexity index is 1060. The molecular formula is C15H9F3N6O2. The van der Waals surface area contributed by atoms with E-state index in [-0.39, 0.29) is 17.1 Å². The van der Waals surface area contributed by atoms with Crippen LogP contribution in [0, 0.1) is 11.3 Å². The van der Waals surface area contributed by atoms with E-state index in [1.807, 2.05) is 6.07 Å². The van der Waals surface area contributed by atoms with Crippen molar-refractivity contribution >= 4 is 11.6 Å². The lowest BCUT2D eigenvalue weighted by Gasteiger charge is -2.06. The molecule has 1 aliphatic carbocycles. The van der Waals surface area contributed by atoms with Gasteiger partial charge in [-0.3, -0.25) is 4.79 Å². The molecule has 0 saturated heterocycles. The van der Waals surface area contributed by atoms with Gasteiger partial charge in [0.25, 0.3) is 5.91 Å². The third kappa shape index (κ3) is 2.75.